The topological polar surface area (TPSA) is 43.8 Å². The molecule has 0 aliphatic carbocycles. The molecule has 0 radical (unpaired) electrons. The minimum Gasteiger partial charge on any atom is -0.326 e. The minimum atomic E-state index is -4.48. The van der Waals surface area contributed by atoms with Crippen LogP contribution in [0, 0.1) is 0 Å². The highest BCUT2D eigenvalue weighted by atomic mass is 19.4. The van der Waals surface area contributed by atoms with Crippen molar-refractivity contribution in [3.63, 3.8) is 0 Å². The lowest BCUT2D eigenvalue weighted by atomic mass is 10.1. The average Bonchev–Trinajstić information content (AvgIpc) is 2.82. The summed E-state index contributed by atoms with van der Waals surface area (Å²) >= 11 is 0. The maximum atomic E-state index is 13.0. The molecule has 0 spiro atoms. The van der Waals surface area contributed by atoms with Gasteiger partial charge in [0.2, 0.25) is 0 Å². The number of aromatic nitrogens is 2. The van der Waals surface area contributed by atoms with E-state index in [1.165, 1.54) is 0 Å². The van der Waals surface area contributed by atoms with Gasteiger partial charge in [0.1, 0.15) is 0 Å². The Kier molecular flexibility index (Phi) is 3.61. The van der Waals surface area contributed by atoms with E-state index in [0.29, 0.717) is 5.69 Å². The Morgan fingerprint density at radius 1 is 1.21 bits per heavy atom. The molecule has 0 aliphatic heterocycles. The van der Waals surface area contributed by atoms with Crippen LogP contribution in [0.1, 0.15) is 23.7 Å². The minimum absolute atomic E-state index is 0.00734. The van der Waals surface area contributed by atoms with Crippen molar-refractivity contribution in [3.05, 3.63) is 47.3 Å². The van der Waals surface area contributed by atoms with E-state index in [4.69, 9.17) is 5.73 Å². The van der Waals surface area contributed by atoms with E-state index >= 15 is 0 Å². The summed E-state index contributed by atoms with van der Waals surface area (Å²) in [6, 6.07) is 6.83. The van der Waals surface area contributed by atoms with E-state index in [9.17, 15) is 13.2 Å². The number of hydrogen-bond acceptors (Lipinski definition) is 2. The largest absolute Gasteiger partial charge is 0.433 e. The van der Waals surface area contributed by atoms with Crippen molar-refractivity contribution in [1.82, 2.24) is 9.78 Å². The molecule has 0 atom stereocenters. The highest BCUT2D eigenvalue weighted by molar-refractivity contribution is 5.38. The molecule has 0 saturated heterocycles. The van der Waals surface area contributed by atoms with Crippen LogP contribution in [-0.2, 0) is 19.1 Å². The van der Waals surface area contributed by atoms with Gasteiger partial charge in [-0.3, -0.25) is 0 Å². The van der Waals surface area contributed by atoms with E-state index in [1.807, 2.05) is 6.92 Å². The van der Waals surface area contributed by atoms with Crippen LogP contribution in [0.2, 0.25) is 0 Å². The van der Waals surface area contributed by atoms with Crippen molar-refractivity contribution >= 4 is 0 Å². The second kappa shape index (κ2) is 5.05. The third kappa shape index (κ3) is 2.63. The summed E-state index contributed by atoms with van der Waals surface area (Å²) in [6.07, 6.45) is -2.48. The summed E-state index contributed by atoms with van der Waals surface area (Å²) in [6.45, 7) is 1.79. The number of aryl methyl sites for hydroxylation is 1. The Hall–Kier alpha value is -1.82. The summed E-state index contributed by atoms with van der Waals surface area (Å²) in [7, 11) is 0. The van der Waals surface area contributed by atoms with Gasteiger partial charge in [-0.25, -0.2) is 4.68 Å². The fourth-order valence-electron chi connectivity index (χ4n) is 1.90. The summed E-state index contributed by atoms with van der Waals surface area (Å²) in [5.41, 5.74) is 5.96. The van der Waals surface area contributed by atoms with Crippen LogP contribution in [0.15, 0.2) is 30.5 Å². The number of hydrogen-bond donors (Lipinski definition) is 1. The first kappa shape index (κ1) is 13.6. The van der Waals surface area contributed by atoms with Gasteiger partial charge in [0, 0.05) is 12.1 Å². The molecule has 0 bridgehead atoms. The van der Waals surface area contributed by atoms with E-state index in [2.05, 4.69) is 5.10 Å². The maximum absolute atomic E-state index is 13.0. The zero-order valence-corrected chi connectivity index (χ0v) is 10.4. The fourth-order valence-corrected chi connectivity index (χ4v) is 1.90. The van der Waals surface area contributed by atoms with Gasteiger partial charge in [-0.2, -0.15) is 18.3 Å². The molecule has 2 N–H and O–H groups in total. The van der Waals surface area contributed by atoms with E-state index in [0.717, 1.165) is 22.9 Å². The molecule has 0 amide bonds. The van der Waals surface area contributed by atoms with Gasteiger partial charge < -0.3 is 5.73 Å². The first-order chi connectivity index (χ1) is 8.97. The molecule has 19 heavy (non-hydrogen) atoms. The molecule has 1 heterocycles. The van der Waals surface area contributed by atoms with Crippen LogP contribution in [0.5, 0.6) is 0 Å². The SMILES string of the molecule is CCc1ccc(-n2ncc(CN)c2C(F)(F)F)cc1. The lowest BCUT2D eigenvalue weighted by molar-refractivity contribution is -0.143. The van der Waals surface area contributed by atoms with Crippen molar-refractivity contribution in [2.45, 2.75) is 26.1 Å². The zero-order valence-electron chi connectivity index (χ0n) is 10.4. The fraction of sp³-hybridized carbons (Fsp3) is 0.308. The molecule has 2 aromatic rings. The van der Waals surface area contributed by atoms with Crippen LogP contribution in [0.3, 0.4) is 0 Å². The Labute approximate surface area is 108 Å². The Morgan fingerprint density at radius 3 is 2.32 bits per heavy atom. The summed E-state index contributed by atoms with van der Waals surface area (Å²) < 4.78 is 40.0. The van der Waals surface area contributed by atoms with Crippen molar-refractivity contribution in [1.29, 1.82) is 0 Å². The predicted molar refractivity (Wildman–Crippen MR) is 65.8 cm³/mol. The van der Waals surface area contributed by atoms with Crippen molar-refractivity contribution in [3.8, 4) is 5.69 Å². The summed E-state index contributed by atoms with van der Waals surface area (Å²) in [5.74, 6) is 0. The van der Waals surface area contributed by atoms with Crippen LogP contribution in [-0.4, -0.2) is 9.78 Å². The third-order valence-corrected chi connectivity index (χ3v) is 2.92. The van der Waals surface area contributed by atoms with Crippen molar-refractivity contribution in [2.24, 2.45) is 5.73 Å². The van der Waals surface area contributed by atoms with Gasteiger partial charge in [-0.05, 0) is 24.1 Å². The number of halogens is 3. The van der Waals surface area contributed by atoms with Crippen molar-refractivity contribution < 1.29 is 13.2 Å². The van der Waals surface area contributed by atoms with Crippen LogP contribution in [0.4, 0.5) is 13.2 Å². The van der Waals surface area contributed by atoms with Gasteiger partial charge >= 0.3 is 6.18 Å². The van der Waals surface area contributed by atoms with Crippen LogP contribution >= 0.6 is 0 Å². The van der Waals surface area contributed by atoms with E-state index in [1.54, 1.807) is 24.3 Å². The number of alkyl halides is 3. The number of rotatable bonds is 3. The van der Waals surface area contributed by atoms with E-state index < -0.39 is 11.9 Å². The number of nitrogens with two attached hydrogens (primary N) is 1. The first-order valence-electron chi connectivity index (χ1n) is 5.90. The van der Waals surface area contributed by atoms with Gasteiger partial charge in [-0.1, -0.05) is 19.1 Å². The summed E-state index contributed by atoms with van der Waals surface area (Å²) in [4.78, 5) is 0. The molecular formula is C13H14F3N3. The van der Waals surface area contributed by atoms with Crippen LogP contribution < -0.4 is 5.73 Å². The second-order valence-corrected chi connectivity index (χ2v) is 4.15. The Balaban J connectivity index is 2.52. The molecule has 0 unspecified atom stereocenters. The molecule has 3 nitrogen and oxygen atoms in total. The predicted octanol–water partition coefficient (Wildman–Crippen LogP) is 2.91. The lowest BCUT2D eigenvalue weighted by Gasteiger charge is -2.12. The molecule has 0 aliphatic rings. The van der Waals surface area contributed by atoms with E-state index in [-0.39, 0.29) is 12.1 Å². The smallest absolute Gasteiger partial charge is 0.326 e. The van der Waals surface area contributed by atoms with Gasteiger partial charge in [0.15, 0.2) is 5.69 Å². The zero-order chi connectivity index (χ0) is 14.0. The Morgan fingerprint density at radius 2 is 1.84 bits per heavy atom. The lowest BCUT2D eigenvalue weighted by Crippen LogP contribution is -2.16. The van der Waals surface area contributed by atoms with Gasteiger partial charge in [0.25, 0.3) is 0 Å². The molecule has 1 aromatic heterocycles. The average molecular weight is 269 g/mol. The number of nitrogens with zero attached hydrogens (tertiary/aromatic N) is 2. The highest BCUT2D eigenvalue weighted by Gasteiger charge is 2.38. The van der Waals surface area contributed by atoms with Gasteiger partial charge in [-0.15, -0.1) is 0 Å². The monoisotopic (exact) mass is 269 g/mol. The quantitative estimate of drug-likeness (QED) is 0.931. The molecule has 2 rings (SSSR count). The van der Waals surface area contributed by atoms with Gasteiger partial charge in [0.05, 0.1) is 11.9 Å². The molecule has 0 saturated carbocycles. The molecule has 1 aromatic carbocycles. The number of benzene rings is 1. The molecular weight excluding hydrogens is 255 g/mol. The first-order valence-corrected chi connectivity index (χ1v) is 5.90. The third-order valence-electron chi connectivity index (χ3n) is 2.92. The van der Waals surface area contributed by atoms with Crippen LogP contribution in [0.25, 0.3) is 5.69 Å². The Bertz CT molecular complexity index is 556. The molecule has 6 heteroatoms. The second-order valence-electron chi connectivity index (χ2n) is 4.15. The molecule has 102 valence electrons. The summed E-state index contributed by atoms with van der Waals surface area (Å²) in [5, 5.41) is 3.80. The highest BCUT2D eigenvalue weighted by Crippen LogP contribution is 2.33. The normalized spacial score (nSPS) is 11.8. The standard InChI is InChI=1S/C13H14F3N3/c1-2-9-3-5-11(6-4-9)19-12(13(14,15)16)10(7-17)8-18-19/h3-6,8H,2,7,17H2,1H3. The van der Waals surface area contributed by atoms with Crippen molar-refractivity contribution in [2.75, 3.05) is 0 Å². The maximum Gasteiger partial charge on any atom is 0.433 e. The molecule has 0 fully saturated rings.